The first-order valence-electron chi connectivity index (χ1n) is 24.6. The lowest BCUT2D eigenvalue weighted by atomic mass is 10.1. The maximum absolute atomic E-state index is 12.7. The van der Waals surface area contributed by atoms with Gasteiger partial charge in [0.2, 0.25) is 0 Å². The molecule has 0 bridgehead atoms. The summed E-state index contributed by atoms with van der Waals surface area (Å²) in [6.07, 6.45) is 70.4. The van der Waals surface area contributed by atoms with Gasteiger partial charge in [-0.1, -0.05) is 166 Å². The number of ether oxygens (including phenoxy) is 2. The summed E-state index contributed by atoms with van der Waals surface area (Å²) < 4.78 is 35.0. The van der Waals surface area contributed by atoms with E-state index in [1.807, 2.05) is 21.1 Å². The van der Waals surface area contributed by atoms with Crippen molar-refractivity contribution in [3.63, 3.8) is 0 Å². The van der Waals surface area contributed by atoms with Gasteiger partial charge >= 0.3 is 13.8 Å². The zero-order valence-corrected chi connectivity index (χ0v) is 42.3. The molecule has 0 saturated carbocycles. The fourth-order valence-electron chi connectivity index (χ4n) is 5.67. The third kappa shape index (κ3) is 51.2. The number of unbranched alkanes of at least 4 members (excludes halogenated alkanes) is 5. The zero-order chi connectivity index (χ0) is 47.6. The minimum Gasteiger partial charge on any atom is -0.457 e. The summed E-state index contributed by atoms with van der Waals surface area (Å²) >= 11 is 0. The highest BCUT2D eigenvalue weighted by Crippen LogP contribution is 2.43. The van der Waals surface area contributed by atoms with Crippen molar-refractivity contribution in [3.8, 4) is 0 Å². The molecule has 65 heavy (non-hydrogen) atoms. The number of carbonyl (C=O) groups excluding carboxylic acids is 1. The van der Waals surface area contributed by atoms with Crippen LogP contribution in [0.2, 0.25) is 0 Å². The molecule has 0 spiro atoms. The quantitative estimate of drug-likeness (QED) is 0.0214. The molecule has 9 heteroatoms. The van der Waals surface area contributed by atoms with E-state index < -0.39 is 13.9 Å². The number of carbonyl (C=O) groups is 1. The Hall–Kier alpha value is -3.62. The second-order valence-electron chi connectivity index (χ2n) is 16.7. The molecular formula is C56H91NO7P+. The fourth-order valence-corrected chi connectivity index (χ4v) is 6.42. The van der Waals surface area contributed by atoms with E-state index in [1.165, 1.54) is 0 Å². The van der Waals surface area contributed by atoms with Gasteiger partial charge in [-0.15, -0.1) is 0 Å². The van der Waals surface area contributed by atoms with Crippen LogP contribution in [0.15, 0.2) is 146 Å². The van der Waals surface area contributed by atoms with E-state index in [2.05, 4.69) is 160 Å². The van der Waals surface area contributed by atoms with Crippen LogP contribution in [0.1, 0.15) is 142 Å². The number of likely N-dealkylation sites (N-methyl/N-ethyl adjacent to an activating group) is 1. The number of rotatable bonds is 43. The van der Waals surface area contributed by atoms with Crippen molar-refractivity contribution in [2.45, 2.75) is 148 Å². The summed E-state index contributed by atoms with van der Waals surface area (Å²) in [6, 6.07) is 0. The molecule has 1 N–H and O–H groups in total. The second-order valence-corrected chi connectivity index (χ2v) is 18.2. The summed E-state index contributed by atoms with van der Waals surface area (Å²) in [5.74, 6) is -0.368. The van der Waals surface area contributed by atoms with E-state index in [0.717, 1.165) is 116 Å². The number of nitrogens with zero attached hydrogens (tertiary/aromatic N) is 1. The largest absolute Gasteiger partial charge is 0.472 e. The molecule has 366 valence electrons. The first-order valence-corrected chi connectivity index (χ1v) is 26.1. The molecule has 0 radical (unpaired) electrons. The first kappa shape index (κ1) is 61.4. The minimum atomic E-state index is -4.32. The average molecular weight is 921 g/mol. The van der Waals surface area contributed by atoms with Crippen molar-refractivity contribution >= 4 is 13.8 Å². The minimum absolute atomic E-state index is 0.0632. The van der Waals surface area contributed by atoms with Gasteiger partial charge < -0.3 is 18.9 Å². The van der Waals surface area contributed by atoms with Crippen LogP contribution in [0, 0.1) is 0 Å². The van der Waals surface area contributed by atoms with Crippen molar-refractivity contribution in [2.75, 3.05) is 54.1 Å². The van der Waals surface area contributed by atoms with E-state index in [-0.39, 0.29) is 32.2 Å². The SMILES string of the molecule is CC/C=C\C/C=C\C/C=C\C/C=C\C/C=C\C/C=C\C/C=C\CCCCOCC(COP(=O)(O)OCC[N+](C)(C)C)OC(=O)CCCCC/C=C\C/C=C\C/C=C\C/C=C\C/C=C\CC. The fraction of sp³-hybridized carbons (Fsp3) is 0.554. The molecule has 0 aliphatic heterocycles. The van der Waals surface area contributed by atoms with E-state index >= 15 is 0 Å². The van der Waals surface area contributed by atoms with Crippen molar-refractivity contribution in [3.05, 3.63) is 146 Å². The van der Waals surface area contributed by atoms with Gasteiger partial charge in [-0.3, -0.25) is 13.8 Å². The van der Waals surface area contributed by atoms with Crippen LogP contribution < -0.4 is 0 Å². The summed E-state index contributed by atoms with van der Waals surface area (Å²) in [5, 5.41) is 0. The van der Waals surface area contributed by atoms with Gasteiger partial charge in [0.15, 0.2) is 0 Å². The van der Waals surface area contributed by atoms with E-state index in [1.54, 1.807) is 0 Å². The number of hydrogen-bond donors (Lipinski definition) is 1. The Morgan fingerprint density at radius 1 is 0.477 bits per heavy atom. The predicted octanol–water partition coefficient (Wildman–Crippen LogP) is 15.3. The number of phosphoric acid groups is 1. The Bertz CT molecular complexity index is 1540. The first-order chi connectivity index (χ1) is 31.6. The molecule has 2 atom stereocenters. The number of phosphoric ester groups is 1. The molecule has 8 nitrogen and oxygen atoms in total. The Morgan fingerprint density at radius 2 is 0.846 bits per heavy atom. The number of esters is 1. The van der Waals surface area contributed by atoms with Crippen LogP contribution in [-0.2, 0) is 27.9 Å². The summed E-state index contributed by atoms with van der Waals surface area (Å²) in [5.41, 5.74) is 0. The predicted molar refractivity (Wildman–Crippen MR) is 279 cm³/mol. The van der Waals surface area contributed by atoms with Gasteiger partial charge in [0.05, 0.1) is 34.4 Å². The molecule has 0 amide bonds. The van der Waals surface area contributed by atoms with Gasteiger partial charge in [-0.25, -0.2) is 4.57 Å². The molecule has 0 aromatic rings. The van der Waals surface area contributed by atoms with E-state index in [0.29, 0.717) is 24.1 Å². The van der Waals surface area contributed by atoms with Gasteiger partial charge in [0.25, 0.3) is 0 Å². The zero-order valence-electron chi connectivity index (χ0n) is 41.4. The maximum Gasteiger partial charge on any atom is 0.472 e. The van der Waals surface area contributed by atoms with Crippen LogP contribution in [-0.4, -0.2) is 75.6 Å². The Morgan fingerprint density at radius 3 is 1.23 bits per heavy atom. The van der Waals surface area contributed by atoms with Gasteiger partial charge in [0.1, 0.15) is 19.3 Å². The van der Waals surface area contributed by atoms with Gasteiger partial charge in [-0.2, -0.15) is 0 Å². The average Bonchev–Trinajstić information content (AvgIpc) is 3.27. The molecule has 0 heterocycles. The topological polar surface area (TPSA) is 91.3 Å². The number of hydrogen-bond acceptors (Lipinski definition) is 6. The van der Waals surface area contributed by atoms with Crippen molar-refractivity contribution in [1.29, 1.82) is 0 Å². The van der Waals surface area contributed by atoms with Gasteiger partial charge in [0, 0.05) is 13.0 Å². The molecule has 0 aromatic heterocycles. The molecule has 0 aliphatic carbocycles. The van der Waals surface area contributed by atoms with Crippen LogP contribution in [0.3, 0.4) is 0 Å². The maximum atomic E-state index is 12.7. The van der Waals surface area contributed by atoms with E-state index in [4.69, 9.17) is 18.5 Å². The summed E-state index contributed by atoms with van der Waals surface area (Å²) in [6.45, 7) is 5.18. The molecular weight excluding hydrogens is 830 g/mol. The van der Waals surface area contributed by atoms with Crippen LogP contribution in [0.4, 0.5) is 0 Å². The van der Waals surface area contributed by atoms with Crippen LogP contribution >= 0.6 is 7.82 Å². The molecule has 0 saturated heterocycles. The third-order valence-electron chi connectivity index (χ3n) is 9.40. The molecule has 0 rings (SSSR count). The van der Waals surface area contributed by atoms with Crippen LogP contribution in [0.25, 0.3) is 0 Å². The molecule has 0 fully saturated rings. The van der Waals surface area contributed by atoms with Crippen LogP contribution in [0.5, 0.6) is 0 Å². The van der Waals surface area contributed by atoms with Gasteiger partial charge in [-0.05, 0) is 116 Å². The lowest BCUT2D eigenvalue weighted by molar-refractivity contribution is -0.870. The Labute approximate surface area is 397 Å². The Kier molecular flexibility index (Phi) is 44.3. The Balaban J connectivity index is 4.38. The highest BCUT2D eigenvalue weighted by Gasteiger charge is 2.26. The van der Waals surface area contributed by atoms with Crippen molar-refractivity contribution < 1.29 is 37.3 Å². The third-order valence-corrected chi connectivity index (χ3v) is 10.4. The number of quaternary nitrogens is 1. The summed E-state index contributed by atoms with van der Waals surface area (Å²) in [4.78, 5) is 23.0. The van der Waals surface area contributed by atoms with Crippen molar-refractivity contribution in [1.82, 2.24) is 0 Å². The summed E-state index contributed by atoms with van der Waals surface area (Å²) in [7, 11) is 1.58. The highest BCUT2D eigenvalue weighted by atomic mass is 31.2. The molecule has 0 aliphatic rings. The van der Waals surface area contributed by atoms with Crippen molar-refractivity contribution in [2.24, 2.45) is 0 Å². The second kappa shape index (κ2) is 46.9. The normalized spacial score (nSPS) is 14.9. The smallest absolute Gasteiger partial charge is 0.457 e. The lowest BCUT2D eigenvalue weighted by Crippen LogP contribution is -2.37. The molecule has 2 unspecified atom stereocenters. The molecule has 0 aromatic carbocycles. The lowest BCUT2D eigenvalue weighted by Gasteiger charge is -2.24. The van der Waals surface area contributed by atoms with E-state index in [9.17, 15) is 14.3 Å². The standard InChI is InChI=1S/C56H90NO7P/c1-6-8-10-12-14-16-18-20-22-24-26-27-28-29-30-32-34-36-38-40-42-44-46-48-51-61-53-55(54-63-65(59,60)62-52-50-57(3,4)5)64-56(58)49-47-45-43-41-39-37-35-33-31-25-23-21-19-17-15-13-11-9-7-2/h8-11,14-17,20-23,26-27,29-31,33-34,36-37,39-40,42,55H,6-7,12-13,18-19,24-25,28,32,35,38,41,43-54H2,1-5H3/p+1/b10-8-,11-9-,16-14-,17-15-,22-20-,23-21-,27-26-,30-29-,33-31-,36-34-,39-37-,42-40-. The monoisotopic (exact) mass is 921 g/mol. The highest BCUT2D eigenvalue weighted by molar-refractivity contribution is 7.47. The number of allylic oxidation sites excluding steroid dienone is 24.